The summed E-state index contributed by atoms with van der Waals surface area (Å²) in [7, 11) is 16.5. The molecule has 0 atom stereocenters. The van der Waals surface area contributed by atoms with Crippen molar-refractivity contribution in [2.75, 3.05) is 5.73 Å². The van der Waals surface area contributed by atoms with Gasteiger partial charge in [-0.2, -0.15) is 5.10 Å². The molecule has 0 aliphatic carbocycles. The van der Waals surface area contributed by atoms with Gasteiger partial charge in [-0.25, -0.2) is 0 Å². The highest BCUT2D eigenvalue weighted by Gasteiger charge is 2.13. The van der Waals surface area contributed by atoms with Crippen molar-refractivity contribution in [1.29, 1.82) is 0 Å². The molecule has 0 aliphatic rings. The van der Waals surface area contributed by atoms with Crippen LogP contribution in [-0.2, 0) is 5.24 Å². The lowest BCUT2D eigenvalue weighted by Crippen LogP contribution is -2.35. The highest BCUT2D eigenvalue weighted by atomic mass is 15.3. The van der Waals surface area contributed by atoms with Crippen LogP contribution in [0.4, 0.5) is 5.69 Å². The van der Waals surface area contributed by atoms with Gasteiger partial charge in [0.1, 0.15) is 0 Å². The van der Waals surface area contributed by atoms with Gasteiger partial charge >= 0.3 is 0 Å². The van der Waals surface area contributed by atoms with E-state index in [-0.39, 0.29) is 0 Å². The number of fused-ring (bicyclic) bond motifs is 1. The van der Waals surface area contributed by atoms with E-state index >= 15 is 0 Å². The average molecular weight is 177 g/mol. The van der Waals surface area contributed by atoms with Crippen LogP contribution in [0.3, 0.4) is 0 Å². The highest BCUT2D eigenvalue weighted by Crippen LogP contribution is 2.17. The molecule has 1 aromatic heterocycles. The minimum atomic E-state index is -1.48. The van der Waals surface area contributed by atoms with Gasteiger partial charge in [0.05, 0.1) is 29.1 Å². The molecule has 2 aromatic rings. The van der Waals surface area contributed by atoms with Crippen LogP contribution in [0.25, 0.3) is 10.9 Å². The molecular weight excluding hydrogens is 171 g/mol. The maximum Gasteiger partial charge on any atom is 0.0924 e. The second-order valence-electron chi connectivity index (χ2n) is 3.28. The van der Waals surface area contributed by atoms with Crippen molar-refractivity contribution in [3.8, 4) is 0 Å². The number of hydrogen-bond acceptors (Lipinski definition) is 2. The normalized spacial score (nSPS) is 12.0. The molecule has 0 spiro atoms. The van der Waals surface area contributed by atoms with Gasteiger partial charge in [-0.1, -0.05) is 0 Å². The largest absolute Gasteiger partial charge is 0.399 e. The lowest BCUT2D eigenvalue weighted by Gasteiger charge is -2.20. The Morgan fingerprint density at radius 2 is 2.00 bits per heavy atom. The Morgan fingerprint density at radius 3 is 2.64 bits per heavy atom. The molecule has 6 heteroatoms. The van der Waals surface area contributed by atoms with Gasteiger partial charge in [0.25, 0.3) is 0 Å². The van der Waals surface area contributed by atoms with E-state index in [4.69, 9.17) is 29.3 Å². The number of rotatable bonds is 1. The molecular formula is C8H6B3N3. The quantitative estimate of drug-likeness (QED) is 0.479. The Labute approximate surface area is 85.9 Å². The van der Waals surface area contributed by atoms with Crippen molar-refractivity contribution in [2.24, 2.45) is 0 Å². The summed E-state index contributed by atoms with van der Waals surface area (Å²) in [4.78, 5) is 0. The van der Waals surface area contributed by atoms with Gasteiger partial charge in [-0.15, -0.1) is 0 Å². The minimum absolute atomic E-state index is 0.661. The molecule has 2 rings (SSSR count). The summed E-state index contributed by atoms with van der Waals surface area (Å²) in [6.07, 6.45) is 1.66. The third kappa shape index (κ3) is 1.52. The minimum Gasteiger partial charge on any atom is -0.399 e. The number of benzene rings is 1. The fraction of sp³-hybridized carbons (Fsp3) is 0.125. The third-order valence-corrected chi connectivity index (χ3v) is 1.93. The second kappa shape index (κ2) is 2.84. The number of anilines is 1. The molecule has 14 heavy (non-hydrogen) atoms. The van der Waals surface area contributed by atoms with Crippen molar-refractivity contribution in [3.05, 3.63) is 24.4 Å². The molecule has 0 bridgehead atoms. The van der Waals surface area contributed by atoms with Crippen molar-refractivity contribution in [3.63, 3.8) is 0 Å². The van der Waals surface area contributed by atoms with Crippen molar-refractivity contribution in [1.82, 2.24) is 9.78 Å². The van der Waals surface area contributed by atoms with Crippen molar-refractivity contribution < 1.29 is 0 Å². The zero-order chi connectivity index (χ0) is 10.3. The first kappa shape index (κ1) is 9.25. The number of hydrogen-bond donors (Lipinski definition) is 1. The van der Waals surface area contributed by atoms with Crippen LogP contribution < -0.4 is 5.73 Å². The lowest BCUT2D eigenvalue weighted by molar-refractivity contribution is 0.680. The van der Waals surface area contributed by atoms with Gasteiger partial charge in [-0.05, 0) is 23.4 Å². The maximum atomic E-state index is 5.61. The molecule has 1 heterocycles. The number of nitrogens with two attached hydrogens (primary N) is 1. The Balaban J connectivity index is 2.63. The first-order valence-electron chi connectivity index (χ1n) is 4.09. The van der Waals surface area contributed by atoms with E-state index in [9.17, 15) is 0 Å². The monoisotopic (exact) mass is 177 g/mol. The van der Waals surface area contributed by atoms with Crippen LogP contribution >= 0.6 is 0 Å². The van der Waals surface area contributed by atoms with E-state index in [1.54, 1.807) is 24.4 Å². The van der Waals surface area contributed by atoms with Gasteiger partial charge in [-0.3, -0.25) is 4.68 Å². The van der Waals surface area contributed by atoms with Crippen LogP contribution in [0, 0.1) is 0 Å². The molecule has 0 saturated heterocycles. The van der Waals surface area contributed by atoms with Gasteiger partial charge in [0.15, 0.2) is 0 Å². The van der Waals surface area contributed by atoms with Crippen molar-refractivity contribution in [2.45, 2.75) is 5.24 Å². The van der Waals surface area contributed by atoms with E-state index in [0.29, 0.717) is 5.69 Å². The van der Waals surface area contributed by atoms with Crippen LogP contribution in [0.15, 0.2) is 24.4 Å². The molecule has 2 N–H and O–H groups in total. The van der Waals surface area contributed by atoms with Crippen LogP contribution in [-0.4, -0.2) is 33.3 Å². The van der Waals surface area contributed by atoms with Crippen molar-refractivity contribution >= 4 is 40.1 Å². The Morgan fingerprint density at radius 1 is 1.29 bits per heavy atom. The summed E-state index contributed by atoms with van der Waals surface area (Å²) in [6, 6.07) is 5.32. The van der Waals surface area contributed by atoms with Crippen LogP contribution in [0.2, 0.25) is 0 Å². The SMILES string of the molecule is [B]C([B])([B])n1cc2cc(N)ccc2n1. The molecule has 62 valence electrons. The predicted molar refractivity (Wildman–Crippen MR) is 59.4 cm³/mol. The van der Waals surface area contributed by atoms with E-state index < -0.39 is 5.24 Å². The van der Waals surface area contributed by atoms with Gasteiger partial charge < -0.3 is 5.73 Å². The van der Waals surface area contributed by atoms with Gasteiger partial charge in [0.2, 0.25) is 0 Å². The predicted octanol–water partition coefficient (Wildman–Crippen LogP) is -0.308. The van der Waals surface area contributed by atoms with Crippen LogP contribution in [0.5, 0.6) is 0 Å². The molecule has 0 aliphatic heterocycles. The average Bonchev–Trinajstić information content (AvgIpc) is 2.45. The first-order chi connectivity index (χ1) is 6.47. The summed E-state index contributed by atoms with van der Waals surface area (Å²) in [5.41, 5.74) is 7.03. The second-order valence-corrected chi connectivity index (χ2v) is 3.28. The summed E-state index contributed by atoms with van der Waals surface area (Å²) < 4.78 is 1.30. The van der Waals surface area contributed by atoms with E-state index in [0.717, 1.165) is 10.9 Å². The molecule has 3 nitrogen and oxygen atoms in total. The fourth-order valence-corrected chi connectivity index (χ4v) is 1.24. The fourth-order valence-electron chi connectivity index (χ4n) is 1.24. The molecule has 0 saturated carbocycles. The molecule has 0 fully saturated rings. The summed E-state index contributed by atoms with van der Waals surface area (Å²) in [5, 5.41) is 3.49. The van der Waals surface area contributed by atoms with E-state index in [2.05, 4.69) is 5.10 Å². The summed E-state index contributed by atoms with van der Waals surface area (Å²) >= 11 is 0. The first-order valence-corrected chi connectivity index (χ1v) is 4.09. The highest BCUT2D eigenvalue weighted by molar-refractivity contribution is 6.56. The molecule has 6 radical (unpaired) electrons. The molecule has 0 amide bonds. The standard InChI is InChI=1S/C8H6B3N3/c9-8(10,11)14-4-5-3-6(12)1-2-7(5)13-14/h1-4H,12H2. The van der Waals surface area contributed by atoms with Crippen LogP contribution in [0.1, 0.15) is 0 Å². The molecule has 1 aromatic carbocycles. The van der Waals surface area contributed by atoms with Gasteiger partial charge in [0, 0.05) is 17.3 Å². The summed E-state index contributed by atoms with van der Waals surface area (Å²) in [6.45, 7) is 0. The number of nitrogens with zero attached hydrogens (tertiary/aromatic N) is 2. The maximum absolute atomic E-state index is 5.61. The van der Waals surface area contributed by atoms with E-state index in [1.807, 2.05) is 0 Å². The Kier molecular flexibility index (Phi) is 1.87. The number of nitrogen functional groups attached to an aromatic ring is 1. The topological polar surface area (TPSA) is 43.8 Å². The Bertz CT molecular complexity index is 472. The number of aromatic nitrogens is 2. The van der Waals surface area contributed by atoms with E-state index in [1.165, 1.54) is 4.68 Å². The smallest absolute Gasteiger partial charge is 0.0924 e. The third-order valence-electron chi connectivity index (χ3n) is 1.93. The zero-order valence-corrected chi connectivity index (χ0v) is 7.51. The zero-order valence-electron chi connectivity index (χ0n) is 7.51. The summed E-state index contributed by atoms with van der Waals surface area (Å²) in [5.74, 6) is 0. The lowest BCUT2D eigenvalue weighted by atomic mass is 9.49. The Hall–Kier alpha value is -1.32. The molecule has 0 unspecified atom stereocenters.